The van der Waals surface area contributed by atoms with E-state index in [0.29, 0.717) is 11.3 Å². The smallest absolute Gasteiger partial charge is 0.241 e. The molecule has 0 unspecified atom stereocenters. The topological polar surface area (TPSA) is 115 Å². The average molecular weight is 285 g/mol. The molecule has 7 heteroatoms. The number of hydrogen-bond donors (Lipinski definition) is 3. The fraction of sp³-hybridized carbons (Fsp3) is 0.417. The van der Waals surface area contributed by atoms with E-state index >= 15 is 0 Å². The van der Waals surface area contributed by atoms with Crippen LogP contribution in [0.3, 0.4) is 0 Å². The van der Waals surface area contributed by atoms with E-state index in [9.17, 15) is 13.2 Å². The van der Waals surface area contributed by atoms with Gasteiger partial charge in [-0.25, -0.2) is 13.6 Å². The first-order valence-electron chi connectivity index (χ1n) is 5.85. The van der Waals surface area contributed by atoms with Crippen LogP contribution in [-0.2, 0) is 20.6 Å². The number of carbonyl (C=O) groups excluding carboxylic acids is 1. The molecule has 5 N–H and O–H groups in total. The number of anilines is 1. The van der Waals surface area contributed by atoms with Crippen molar-refractivity contribution < 1.29 is 13.2 Å². The highest BCUT2D eigenvalue weighted by Gasteiger charge is 2.17. The number of nitrogens with one attached hydrogen (secondary N) is 1. The van der Waals surface area contributed by atoms with Gasteiger partial charge in [0.15, 0.2) is 0 Å². The maximum atomic E-state index is 11.7. The van der Waals surface area contributed by atoms with Gasteiger partial charge >= 0.3 is 0 Å². The number of sulfonamides is 1. The molecule has 0 aliphatic rings. The molecule has 0 aliphatic heterocycles. The highest BCUT2D eigenvalue weighted by atomic mass is 32.2. The number of benzene rings is 1. The number of nitrogens with two attached hydrogens (primary N) is 2. The Labute approximate surface area is 113 Å². The molecule has 1 rings (SSSR count). The Bertz CT molecular complexity index is 538. The molecule has 0 saturated carbocycles. The first kappa shape index (κ1) is 15.6. The molecule has 1 aromatic rings. The highest BCUT2D eigenvalue weighted by Crippen LogP contribution is 2.12. The molecule has 0 saturated heterocycles. The summed E-state index contributed by atoms with van der Waals surface area (Å²) in [5, 5.41) is 7.61. The van der Waals surface area contributed by atoms with Crippen LogP contribution in [0.25, 0.3) is 0 Å². The molecule has 106 valence electrons. The van der Waals surface area contributed by atoms with Gasteiger partial charge in [0, 0.05) is 5.69 Å². The molecule has 1 atom stereocenters. The van der Waals surface area contributed by atoms with E-state index in [2.05, 4.69) is 5.32 Å². The largest absolute Gasteiger partial charge is 0.325 e. The maximum Gasteiger partial charge on any atom is 0.241 e. The molecule has 6 nitrogen and oxygen atoms in total. The Morgan fingerprint density at radius 1 is 1.26 bits per heavy atom. The Hall–Kier alpha value is -1.44. The first-order valence-corrected chi connectivity index (χ1v) is 7.56. The standard InChI is InChI=1S/C12H19N3O3S/c1-8(2)11(13)12(16)15-10-5-3-9(4-6-10)7-19(14,17)18/h3-6,8,11H,7,13H2,1-2H3,(H,15,16)(H2,14,17,18)/t11-/m1/s1. The van der Waals surface area contributed by atoms with E-state index in [1.165, 1.54) is 0 Å². The maximum absolute atomic E-state index is 11.7. The quantitative estimate of drug-likeness (QED) is 0.726. The van der Waals surface area contributed by atoms with Gasteiger partial charge in [-0.3, -0.25) is 4.79 Å². The monoisotopic (exact) mass is 285 g/mol. The Balaban J connectivity index is 2.70. The van der Waals surface area contributed by atoms with Crippen molar-refractivity contribution in [3.05, 3.63) is 29.8 Å². The summed E-state index contributed by atoms with van der Waals surface area (Å²) in [6, 6.07) is 5.85. The fourth-order valence-corrected chi connectivity index (χ4v) is 2.10. The normalized spacial score (nSPS) is 13.3. The summed E-state index contributed by atoms with van der Waals surface area (Å²) < 4.78 is 21.8. The van der Waals surface area contributed by atoms with E-state index in [4.69, 9.17) is 10.9 Å². The predicted octanol–water partition coefficient (Wildman–Crippen LogP) is 0.397. The van der Waals surface area contributed by atoms with Crippen LogP contribution in [0.4, 0.5) is 5.69 Å². The van der Waals surface area contributed by atoms with Gasteiger partial charge in [0.05, 0.1) is 11.8 Å². The molecule has 0 aromatic heterocycles. The van der Waals surface area contributed by atoms with Gasteiger partial charge in [0.2, 0.25) is 15.9 Å². The predicted molar refractivity (Wildman–Crippen MR) is 74.7 cm³/mol. The van der Waals surface area contributed by atoms with Crippen molar-refractivity contribution >= 4 is 21.6 Å². The minimum absolute atomic E-state index is 0.0432. The molecular weight excluding hydrogens is 266 g/mol. The molecule has 19 heavy (non-hydrogen) atoms. The van der Waals surface area contributed by atoms with Crippen LogP contribution in [0.5, 0.6) is 0 Å². The summed E-state index contributed by atoms with van der Waals surface area (Å²) in [6.07, 6.45) is 0. The second-order valence-corrected chi connectivity index (χ2v) is 6.38. The van der Waals surface area contributed by atoms with Gasteiger partial charge in [0.1, 0.15) is 0 Å². The summed E-state index contributed by atoms with van der Waals surface area (Å²) in [6.45, 7) is 3.72. The van der Waals surface area contributed by atoms with Gasteiger partial charge < -0.3 is 11.1 Å². The van der Waals surface area contributed by atoms with Crippen molar-refractivity contribution in [2.45, 2.75) is 25.6 Å². The van der Waals surface area contributed by atoms with Gasteiger partial charge in [-0.1, -0.05) is 26.0 Å². The van der Waals surface area contributed by atoms with Gasteiger partial charge in [-0.2, -0.15) is 0 Å². The molecule has 0 fully saturated rings. The minimum atomic E-state index is -3.55. The van der Waals surface area contributed by atoms with Gasteiger partial charge in [-0.05, 0) is 23.6 Å². The Morgan fingerprint density at radius 2 is 1.79 bits per heavy atom. The van der Waals surface area contributed by atoms with E-state index in [0.717, 1.165) is 0 Å². The second-order valence-electron chi connectivity index (χ2n) is 4.76. The third-order valence-corrected chi connectivity index (χ3v) is 3.35. The highest BCUT2D eigenvalue weighted by molar-refractivity contribution is 7.88. The van der Waals surface area contributed by atoms with Crippen molar-refractivity contribution in [3.63, 3.8) is 0 Å². The number of hydrogen-bond acceptors (Lipinski definition) is 4. The third kappa shape index (κ3) is 5.37. The number of carbonyl (C=O) groups is 1. The van der Waals surface area contributed by atoms with Crippen LogP contribution < -0.4 is 16.2 Å². The lowest BCUT2D eigenvalue weighted by Crippen LogP contribution is -2.39. The van der Waals surface area contributed by atoms with E-state index < -0.39 is 16.1 Å². The molecule has 1 amide bonds. The minimum Gasteiger partial charge on any atom is -0.325 e. The van der Waals surface area contributed by atoms with Crippen molar-refractivity contribution in [2.75, 3.05) is 5.32 Å². The molecule has 0 aliphatic carbocycles. The van der Waals surface area contributed by atoms with Gasteiger partial charge in [0.25, 0.3) is 0 Å². The van der Waals surface area contributed by atoms with E-state index in [1.54, 1.807) is 24.3 Å². The summed E-state index contributed by atoms with van der Waals surface area (Å²) in [5.41, 5.74) is 6.85. The zero-order chi connectivity index (χ0) is 14.6. The summed E-state index contributed by atoms with van der Waals surface area (Å²) in [7, 11) is -3.55. The average Bonchev–Trinajstić information content (AvgIpc) is 2.28. The fourth-order valence-electron chi connectivity index (χ4n) is 1.44. The lowest BCUT2D eigenvalue weighted by Gasteiger charge is -2.15. The molecule has 0 spiro atoms. The zero-order valence-electron chi connectivity index (χ0n) is 11.0. The van der Waals surface area contributed by atoms with Crippen molar-refractivity contribution in [2.24, 2.45) is 16.8 Å². The van der Waals surface area contributed by atoms with Crippen LogP contribution in [0.2, 0.25) is 0 Å². The number of primary sulfonamides is 1. The van der Waals surface area contributed by atoms with Crippen LogP contribution in [-0.4, -0.2) is 20.4 Å². The lowest BCUT2D eigenvalue weighted by atomic mass is 10.0. The Morgan fingerprint density at radius 3 is 2.21 bits per heavy atom. The second kappa shape index (κ2) is 6.14. The molecule has 0 bridgehead atoms. The van der Waals surface area contributed by atoms with Crippen molar-refractivity contribution in [1.29, 1.82) is 0 Å². The van der Waals surface area contributed by atoms with Crippen LogP contribution in [0.1, 0.15) is 19.4 Å². The summed E-state index contributed by atoms with van der Waals surface area (Å²) >= 11 is 0. The van der Waals surface area contributed by atoms with Crippen LogP contribution in [0, 0.1) is 5.92 Å². The van der Waals surface area contributed by atoms with Crippen LogP contribution >= 0.6 is 0 Å². The Kier molecular flexibility index (Phi) is 5.04. The molecule has 0 heterocycles. The summed E-state index contributed by atoms with van der Waals surface area (Å²) in [4.78, 5) is 11.7. The zero-order valence-corrected chi connectivity index (χ0v) is 11.8. The van der Waals surface area contributed by atoms with E-state index in [-0.39, 0.29) is 17.6 Å². The number of amides is 1. The van der Waals surface area contributed by atoms with E-state index in [1.807, 2.05) is 13.8 Å². The third-order valence-electron chi connectivity index (χ3n) is 2.61. The molecular formula is C12H19N3O3S. The SMILES string of the molecule is CC(C)[C@@H](N)C(=O)Nc1ccc(CS(N)(=O)=O)cc1. The van der Waals surface area contributed by atoms with Crippen molar-refractivity contribution in [3.8, 4) is 0 Å². The first-order chi connectivity index (χ1) is 8.69. The summed E-state index contributed by atoms with van der Waals surface area (Å²) in [5.74, 6) is -0.455. The molecule has 0 radical (unpaired) electrons. The van der Waals surface area contributed by atoms with Gasteiger partial charge in [-0.15, -0.1) is 0 Å². The molecule has 1 aromatic carbocycles. The van der Waals surface area contributed by atoms with Crippen molar-refractivity contribution in [1.82, 2.24) is 0 Å². The lowest BCUT2D eigenvalue weighted by molar-refractivity contribution is -0.118. The van der Waals surface area contributed by atoms with Crippen LogP contribution in [0.15, 0.2) is 24.3 Å². The number of rotatable bonds is 5.